The van der Waals surface area contributed by atoms with E-state index in [1.807, 2.05) is 42.5 Å². The minimum absolute atomic E-state index is 0.118. The second-order valence-corrected chi connectivity index (χ2v) is 5.41. The lowest BCUT2D eigenvalue weighted by Crippen LogP contribution is -2.29. The highest BCUT2D eigenvalue weighted by Crippen LogP contribution is 2.22. The van der Waals surface area contributed by atoms with Gasteiger partial charge in [0.25, 0.3) is 11.6 Å². The van der Waals surface area contributed by atoms with Crippen molar-refractivity contribution in [2.75, 3.05) is 0 Å². The maximum atomic E-state index is 12.6. The van der Waals surface area contributed by atoms with E-state index in [2.05, 4.69) is 10.3 Å². The number of rotatable bonds is 5. The Kier molecular flexibility index (Phi) is 4.80. The van der Waals surface area contributed by atoms with Crippen molar-refractivity contribution in [1.29, 1.82) is 0 Å². The number of carbonyl (C=O) groups excluding carboxylic acids is 1. The van der Waals surface area contributed by atoms with Crippen molar-refractivity contribution in [2.24, 2.45) is 0 Å². The number of nitro benzene ring substituents is 1. The molecule has 2 aromatic carbocycles. The Labute approximate surface area is 144 Å². The van der Waals surface area contributed by atoms with Crippen LogP contribution in [0.2, 0.25) is 0 Å². The van der Waals surface area contributed by atoms with Gasteiger partial charge in [-0.1, -0.05) is 36.4 Å². The lowest BCUT2D eigenvalue weighted by Gasteiger charge is -2.19. The zero-order valence-electron chi connectivity index (χ0n) is 13.2. The number of hydrogen-bond acceptors (Lipinski definition) is 4. The van der Waals surface area contributed by atoms with E-state index in [1.54, 1.807) is 18.5 Å². The molecule has 0 fully saturated rings. The highest BCUT2D eigenvalue weighted by Gasteiger charge is 2.19. The van der Waals surface area contributed by atoms with Crippen molar-refractivity contribution in [3.63, 3.8) is 0 Å². The molecule has 6 heteroatoms. The molecule has 0 unspecified atom stereocenters. The Hall–Kier alpha value is -3.54. The second-order valence-electron chi connectivity index (χ2n) is 5.41. The van der Waals surface area contributed by atoms with E-state index in [1.165, 1.54) is 18.2 Å². The van der Waals surface area contributed by atoms with E-state index in [9.17, 15) is 14.9 Å². The molecule has 0 spiro atoms. The Morgan fingerprint density at radius 1 is 0.960 bits per heavy atom. The number of carbonyl (C=O) groups is 1. The minimum atomic E-state index is -0.520. The van der Waals surface area contributed by atoms with Crippen molar-refractivity contribution in [1.82, 2.24) is 10.3 Å². The quantitative estimate of drug-likeness (QED) is 0.572. The molecule has 0 aliphatic heterocycles. The molecule has 1 heterocycles. The van der Waals surface area contributed by atoms with Gasteiger partial charge in [-0.2, -0.15) is 0 Å². The fourth-order valence-electron chi connectivity index (χ4n) is 2.54. The van der Waals surface area contributed by atoms with Crippen LogP contribution in [0.3, 0.4) is 0 Å². The molecule has 1 amide bonds. The molecule has 1 N–H and O–H groups in total. The summed E-state index contributed by atoms with van der Waals surface area (Å²) in [6, 6.07) is 18.5. The van der Waals surface area contributed by atoms with Gasteiger partial charge in [-0.3, -0.25) is 19.9 Å². The summed E-state index contributed by atoms with van der Waals surface area (Å²) < 4.78 is 0. The molecule has 1 aromatic heterocycles. The first kappa shape index (κ1) is 16.3. The summed E-state index contributed by atoms with van der Waals surface area (Å²) in [5.41, 5.74) is 1.91. The normalized spacial score (nSPS) is 11.5. The zero-order valence-corrected chi connectivity index (χ0v) is 13.2. The van der Waals surface area contributed by atoms with Gasteiger partial charge in [0.1, 0.15) is 0 Å². The number of aromatic nitrogens is 1. The first-order valence-corrected chi connectivity index (χ1v) is 7.65. The molecule has 6 nitrogen and oxygen atoms in total. The molecule has 3 rings (SSSR count). The lowest BCUT2D eigenvalue weighted by atomic mass is 9.99. The van der Waals surface area contributed by atoms with E-state index >= 15 is 0 Å². The fraction of sp³-hybridized carbons (Fsp3) is 0.0526. The smallest absolute Gasteiger partial charge is 0.270 e. The van der Waals surface area contributed by atoms with Crippen LogP contribution in [0.1, 0.15) is 27.5 Å². The average Bonchev–Trinajstić information content (AvgIpc) is 2.67. The van der Waals surface area contributed by atoms with Gasteiger partial charge in [-0.15, -0.1) is 0 Å². The first-order valence-electron chi connectivity index (χ1n) is 7.65. The van der Waals surface area contributed by atoms with Crippen LogP contribution >= 0.6 is 0 Å². The highest BCUT2D eigenvalue weighted by atomic mass is 16.6. The lowest BCUT2D eigenvalue weighted by molar-refractivity contribution is -0.384. The number of pyridine rings is 1. The largest absolute Gasteiger partial charge is 0.341 e. The maximum Gasteiger partial charge on any atom is 0.270 e. The molecule has 124 valence electrons. The molecule has 0 saturated heterocycles. The molecular formula is C19H15N3O3. The second kappa shape index (κ2) is 7.35. The predicted octanol–water partition coefficient (Wildman–Crippen LogP) is 3.51. The van der Waals surface area contributed by atoms with Gasteiger partial charge >= 0.3 is 0 Å². The van der Waals surface area contributed by atoms with Gasteiger partial charge in [0.2, 0.25) is 0 Å². The van der Waals surface area contributed by atoms with Crippen LogP contribution in [0.15, 0.2) is 79.1 Å². The number of benzene rings is 2. The molecule has 25 heavy (non-hydrogen) atoms. The Morgan fingerprint density at radius 2 is 1.64 bits per heavy atom. The number of nitrogens with zero attached hydrogens (tertiary/aromatic N) is 2. The van der Waals surface area contributed by atoms with Crippen LogP contribution in [0.5, 0.6) is 0 Å². The highest BCUT2D eigenvalue weighted by molar-refractivity contribution is 5.95. The van der Waals surface area contributed by atoms with E-state index < -0.39 is 4.92 Å². The van der Waals surface area contributed by atoms with Crippen molar-refractivity contribution < 1.29 is 9.72 Å². The van der Waals surface area contributed by atoms with Crippen LogP contribution in [0.4, 0.5) is 5.69 Å². The van der Waals surface area contributed by atoms with E-state index in [0.717, 1.165) is 11.1 Å². The van der Waals surface area contributed by atoms with Crippen LogP contribution in [0.25, 0.3) is 0 Å². The van der Waals surface area contributed by atoms with Gasteiger partial charge in [0.05, 0.1) is 11.0 Å². The Morgan fingerprint density at radius 3 is 2.32 bits per heavy atom. The SMILES string of the molecule is O=C(N[C@@H](c1ccccc1)c1ccncc1)c1cccc([N+](=O)[O-])c1. The summed E-state index contributed by atoms with van der Waals surface area (Å²) in [7, 11) is 0. The molecule has 3 aromatic rings. The number of amides is 1. The molecule has 0 aliphatic carbocycles. The van der Waals surface area contributed by atoms with Gasteiger partial charge in [-0.05, 0) is 29.3 Å². The predicted molar refractivity (Wildman–Crippen MR) is 93.1 cm³/mol. The van der Waals surface area contributed by atoms with Crippen LogP contribution in [-0.4, -0.2) is 15.8 Å². The van der Waals surface area contributed by atoms with Crippen molar-refractivity contribution in [3.8, 4) is 0 Å². The third-order valence-electron chi connectivity index (χ3n) is 3.77. The fourth-order valence-corrected chi connectivity index (χ4v) is 2.54. The molecular weight excluding hydrogens is 318 g/mol. The van der Waals surface area contributed by atoms with E-state index in [0.29, 0.717) is 0 Å². The molecule has 0 bridgehead atoms. The number of non-ortho nitro benzene ring substituents is 1. The molecule has 1 atom stereocenters. The molecule has 0 saturated carbocycles. The Balaban J connectivity index is 1.92. The standard InChI is InChI=1S/C19H15N3O3/c23-19(16-7-4-8-17(13-16)22(24)25)21-18(14-5-2-1-3-6-14)15-9-11-20-12-10-15/h1-13,18H,(H,21,23)/t18-/m0/s1. The van der Waals surface area contributed by atoms with Crippen LogP contribution < -0.4 is 5.32 Å². The zero-order chi connectivity index (χ0) is 17.6. The van der Waals surface area contributed by atoms with Gasteiger partial charge < -0.3 is 5.32 Å². The van der Waals surface area contributed by atoms with E-state index in [4.69, 9.17) is 0 Å². The number of hydrogen-bond donors (Lipinski definition) is 1. The topological polar surface area (TPSA) is 85.1 Å². The first-order chi connectivity index (χ1) is 12.1. The number of nitro groups is 1. The summed E-state index contributed by atoms with van der Waals surface area (Å²) in [4.78, 5) is 27.0. The molecule has 0 radical (unpaired) electrons. The Bertz CT molecular complexity index is 843. The summed E-state index contributed by atoms with van der Waals surface area (Å²) in [6.45, 7) is 0. The van der Waals surface area contributed by atoms with E-state index in [-0.39, 0.29) is 23.2 Å². The monoisotopic (exact) mass is 333 g/mol. The van der Waals surface area contributed by atoms with Crippen LogP contribution in [-0.2, 0) is 0 Å². The maximum absolute atomic E-state index is 12.6. The van der Waals surface area contributed by atoms with Gasteiger partial charge in [0, 0.05) is 30.1 Å². The van der Waals surface area contributed by atoms with Crippen LogP contribution in [0, 0.1) is 10.1 Å². The molecule has 0 aliphatic rings. The van der Waals surface area contributed by atoms with Crippen molar-refractivity contribution in [3.05, 3.63) is 106 Å². The minimum Gasteiger partial charge on any atom is -0.341 e. The third-order valence-corrected chi connectivity index (χ3v) is 3.77. The third kappa shape index (κ3) is 3.87. The van der Waals surface area contributed by atoms with Gasteiger partial charge in [-0.25, -0.2) is 0 Å². The van der Waals surface area contributed by atoms with Crippen molar-refractivity contribution >= 4 is 11.6 Å². The number of nitrogens with one attached hydrogen (secondary N) is 1. The average molecular weight is 333 g/mol. The summed E-state index contributed by atoms with van der Waals surface area (Å²) in [6.07, 6.45) is 3.32. The summed E-state index contributed by atoms with van der Waals surface area (Å²) in [5.74, 6) is -0.380. The van der Waals surface area contributed by atoms with Gasteiger partial charge in [0.15, 0.2) is 0 Å². The van der Waals surface area contributed by atoms with Crippen molar-refractivity contribution in [2.45, 2.75) is 6.04 Å². The summed E-state index contributed by atoms with van der Waals surface area (Å²) >= 11 is 0. The summed E-state index contributed by atoms with van der Waals surface area (Å²) in [5, 5.41) is 13.9.